The van der Waals surface area contributed by atoms with Crippen molar-refractivity contribution in [2.24, 2.45) is 0 Å². The zero-order chi connectivity index (χ0) is 14.1. The van der Waals surface area contributed by atoms with Crippen LogP contribution in [0.4, 0.5) is 0 Å². The molecule has 5 nitrogen and oxygen atoms in total. The average Bonchev–Trinajstić information content (AvgIpc) is 3.06. The summed E-state index contributed by atoms with van der Waals surface area (Å²) in [5.74, 6) is -0.715. The lowest BCUT2D eigenvalue weighted by atomic mass is 10.1. The van der Waals surface area contributed by atoms with Crippen LogP contribution >= 0.6 is 0 Å². The van der Waals surface area contributed by atoms with Gasteiger partial charge in [-0.1, -0.05) is 6.07 Å². The van der Waals surface area contributed by atoms with Gasteiger partial charge in [-0.2, -0.15) is 0 Å². The minimum atomic E-state index is -0.903. The van der Waals surface area contributed by atoms with Crippen LogP contribution in [0.3, 0.4) is 0 Å². The van der Waals surface area contributed by atoms with Crippen molar-refractivity contribution in [3.63, 3.8) is 0 Å². The second kappa shape index (κ2) is 5.25. The standard InChI is InChI=1S/C15H18N2O3/c18-14(17-5-1-2-6-17)10-16-8-12-4-3-11(15(19)20)7-13(12)9-16/h3-4,7H,1-2,5-6,8-10H2,(H,19,20). The molecule has 0 spiro atoms. The Kier molecular flexibility index (Phi) is 3.44. The van der Waals surface area contributed by atoms with Crippen molar-refractivity contribution in [1.82, 2.24) is 9.80 Å². The minimum Gasteiger partial charge on any atom is -0.478 e. The third-order valence-electron chi connectivity index (χ3n) is 4.06. The first kappa shape index (κ1) is 13.1. The Bertz CT molecular complexity index is 550. The predicted molar refractivity (Wildman–Crippen MR) is 73.3 cm³/mol. The van der Waals surface area contributed by atoms with Gasteiger partial charge in [-0.3, -0.25) is 9.69 Å². The SMILES string of the molecule is O=C(O)c1ccc2c(c1)CN(CC(=O)N1CCCC1)C2. The third kappa shape index (κ3) is 2.54. The first-order valence-corrected chi connectivity index (χ1v) is 6.99. The number of hydrogen-bond acceptors (Lipinski definition) is 3. The van der Waals surface area contributed by atoms with Crippen LogP contribution in [0.15, 0.2) is 18.2 Å². The van der Waals surface area contributed by atoms with Gasteiger partial charge >= 0.3 is 5.97 Å². The molecule has 0 saturated carbocycles. The Labute approximate surface area is 117 Å². The van der Waals surface area contributed by atoms with E-state index in [2.05, 4.69) is 4.90 Å². The number of carbonyl (C=O) groups excluding carboxylic acids is 1. The molecule has 2 aliphatic rings. The molecule has 0 bridgehead atoms. The van der Waals surface area contributed by atoms with E-state index in [1.807, 2.05) is 11.0 Å². The molecule has 1 fully saturated rings. The van der Waals surface area contributed by atoms with Gasteiger partial charge in [0.15, 0.2) is 0 Å². The van der Waals surface area contributed by atoms with Crippen LogP contribution in [0.2, 0.25) is 0 Å². The average molecular weight is 274 g/mol. The van der Waals surface area contributed by atoms with Crippen molar-refractivity contribution < 1.29 is 14.7 Å². The number of fused-ring (bicyclic) bond motifs is 1. The lowest BCUT2D eigenvalue weighted by Gasteiger charge is -2.20. The second-order valence-corrected chi connectivity index (χ2v) is 5.52. The molecule has 5 heteroatoms. The molecule has 0 atom stereocenters. The van der Waals surface area contributed by atoms with E-state index in [1.54, 1.807) is 12.1 Å². The molecule has 2 aliphatic heterocycles. The highest BCUT2D eigenvalue weighted by molar-refractivity contribution is 5.88. The van der Waals surface area contributed by atoms with Crippen molar-refractivity contribution in [2.45, 2.75) is 25.9 Å². The van der Waals surface area contributed by atoms with Crippen molar-refractivity contribution in [3.05, 3.63) is 34.9 Å². The number of carbonyl (C=O) groups is 2. The molecule has 106 valence electrons. The van der Waals surface area contributed by atoms with Crippen LogP contribution in [0.5, 0.6) is 0 Å². The van der Waals surface area contributed by atoms with E-state index in [-0.39, 0.29) is 5.91 Å². The number of rotatable bonds is 3. The normalized spacial score (nSPS) is 18.3. The van der Waals surface area contributed by atoms with Crippen molar-refractivity contribution in [1.29, 1.82) is 0 Å². The lowest BCUT2D eigenvalue weighted by molar-refractivity contribution is -0.131. The number of likely N-dealkylation sites (tertiary alicyclic amines) is 1. The fourth-order valence-corrected chi connectivity index (χ4v) is 2.97. The van der Waals surface area contributed by atoms with E-state index in [9.17, 15) is 9.59 Å². The maximum absolute atomic E-state index is 12.1. The van der Waals surface area contributed by atoms with Gasteiger partial charge in [-0.05, 0) is 36.1 Å². The van der Waals surface area contributed by atoms with Crippen LogP contribution in [0.25, 0.3) is 0 Å². The number of nitrogens with zero attached hydrogens (tertiary/aromatic N) is 2. The summed E-state index contributed by atoms with van der Waals surface area (Å²) < 4.78 is 0. The van der Waals surface area contributed by atoms with Gasteiger partial charge in [0.1, 0.15) is 0 Å². The molecule has 2 heterocycles. The largest absolute Gasteiger partial charge is 0.478 e. The maximum atomic E-state index is 12.1. The maximum Gasteiger partial charge on any atom is 0.335 e. The van der Waals surface area contributed by atoms with Crippen LogP contribution in [0, 0.1) is 0 Å². The van der Waals surface area contributed by atoms with Crippen LogP contribution in [-0.2, 0) is 17.9 Å². The third-order valence-corrected chi connectivity index (χ3v) is 4.06. The summed E-state index contributed by atoms with van der Waals surface area (Å²) >= 11 is 0. The molecule has 1 amide bonds. The molecular weight excluding hydrogens is 256 g/mol. The van der Waals surface area contributed by atoms with Gasteiger partial charge in [0.05, 0.1) is 12.1 Å². The van der Waals surface area contributed by atoms with Crippen LogP contribution < -0.4 is 0 Å². The highest BCUT2D eigenvalue weighted by atomic mass is 16.4. The molecule has 1 aromatic rings. The summed E-state index contributed by atoms with van der Waals surface area (Å²) in [6.45, 7) is 3.58. The number of carboxylic acid groups (broad SMARTS) is 1. The second-order valence-electron chi connectivity index (χ2n) is 5.52. The number of amides is 1. The molecule has 3 rings (SSSR count). The van der Waals surface area contributed by atoms with Crippen molar-refractivity contribution in [3.8, 4) is 0 Å². The van der Waals surface area contributed by atoms with Crippen molar-refractivity contribution >= 4 is 11.9 Å². The summed E-state index contributed by atoms with van der Waals surface area (Å²) in [6, 6.07) is 5.21. The van der Waals surface area contributed by atoms with Gasteiger partial charge < -0.3 is 10.0 Å². The van der Waals surface area contributed by atoms with E-state index in [0.717, 1.165) is 43.6 Å². The zero-order valence-corrected chi connectivity index (χ0v) is 11.3. The first-order valence-electron chi connectivity index (χ1n) is 6.99. The fourth-order valence-electron chi connectivity index (χ4n) is 2.97. The summed E-state index contributed by atoms with van der Waals surface area (Å²) in [5, 5.41) is 9.00. The number of aromatic carboxylic acids is 1. The van der Waals surface area contributed by atoms with E-state index in [0.29, 0.717) is 18.7 Å². The molecule has 0 aliphatic carbocycles. The quantitative estimate of drug-likeness (QED) is 0.903. The van der Waals surface area contributed by atoms with Crippen LogP contribution in [0.1, 0.15) is 34.3 Å². The topological polar surface area (TPSA) is 60.9 Å². The molecule has 0 unspecified atom stereocenters. The molecular formula is C15H18N2O3. The monoisotopic (exact) mass is 274 g/mol. The Balaban J connectivity index is 1.64. The van der Waals surface area contributed by atoms with E-state index >= 15 is 0 Å². The Morgan fingerprint density at radius 1 is 1.10 bits per heavy atom. The molecule has 0 radical (unpaired) electrons. The lowest BCUT2D eigenvalue weighted by Crippen LogP contribution is -2.36. The van der Waals surface area contributed by atoms with Crippen molar-refractivity contribution in [2.75, 3.05) is 19.6 Å². The Morgan fingerprint density at radius 3 is 2.50 bits per heavy atom. The highest BCUT2D eigenvalue weighted by Gasteiger charge is 2.25. The number of hydrogen-bond donors (Lipinski definition) is 1. The summed E-state index contributed by atoms with van der Waals surface area (Å²) in [5.41, 5.74) is 2.47. The summed E-state index contributed by atoms with van der Waals surface area (Å²) in [4.78, 5) is 27.1. The highest BCUT2D eigenvalue weighted by Crippen LogP contribution is 2.24. The summed E-state index contributed by atoms with van der Waals surface area (Å²) in [6.07, 6.45) is 2.21. The van der Waals surface area contributed by atoms with Gasteiger partial charge in [0.2, 0.25) is 5.91 Å². The minimum absolute atomic E-state index is 0.189. The van der Waals surface area contributed by atoms with Gasteiger partial charge in [0.25, 0.3) is 0 Å². The van der Waals surface area contributed by atoms with E-state index in [1.165, 1.54) is 0 Å². The number of carboxylic acids is 1. The summed E-state index contributed by atoms with van der Waals surface area (Å²) in [7, 11) is 0. The first-order chi connectivity index (χ1) is 9.63. The fraction of sp³-hybridized carbons (Fsp3) is 0.467. The van der Waals surface area contributed by atoms with Gasteiger partial charge in [0, 0.05) is 26.2 Å². The van der Waals surface area contributed by atoms with Crippen LogP contribution in [-0.4, -0.2) is 46.4 Å². The Hall–Kier alpha value is -1.88. The predicted octanol–water partition coefficient (Wildman–Crippen LogP) is 1.32. The molecule has 20 heavy (non-hydrogen) atoms. The number of benzene rings is 1. The Morgan fingerprint density at radius 2 is 1.80 bits per heavy atom. The smallest absolute Gasteiger partial charge is 0.335 e. The molecule has 0 aromatic heterocycles. The van der Waals surface area contributed by atoms with Gasteiger partial charge in [-0.25, -0.2) is 4.79 Å². The molecule has 1 aromatic carbocycles. The van der Waals surface area contributed by atoms with Gasteiger partial charge in [-0.15, -0.1) is 0 Å². The molecule has 1 N–H and O–H groups in total. The van der Waals surface area contributed by atoms with E-state index in [4.69, 9.17) is 5.11 Å². The van der Waals surface area contributed by atoms with E-state index < -0.39 is 5.97 Å². The zero-order valence-electron chi connectivity index (χ0n) is 11.3. The molecule has 1 saturated heterocycles.